The molecular weight excluding hydrogens is 430 g/mol. The molecule has 0 bridgehead atoms. The number of ether oxygens (including phenoxy) is 1. The number of benzene rings is 1. The van der Waals surface area contributed by atoms with Gasteiger partial charge in [0.1, 0.15) is 11.7 Å². The number of hydrogen-bond acceptors (Lipinski definition) is 9. The SMILES string of the molecule is NC1=NN=C(N2CCC(N3C[C@H](Cc4nn[nH]n4)OC[C@@H]3Cc3ccc(Cl)cc3)CC2)C1. The van der Waals surface area contributed by atoms with Gasteiger partial charge in [0.15, 0.2) is 5.82 Å². The highest BCUT2D eigenvalue weighted by Gasteiger charge is 2.36. The number of rotatable bonds is 5. The summed E-state index contributed by atoms with van der Waals surface area (Å²) in [6, 6.07) is 8.93. The number of H-pyrrole nitrogens is 1. The van der Waals surface area contributed by atoms with Crippen LogP contribution in [0.3, 0.4) is 0 Å². The lowest BCUT2D eigenvalue weighted by Gasteiger charge is -2.47. The molecule has 3 aliphatic rings. The number of hydrogen-bond donors (Lipinski definition) is 2. The van der Waals surface area contributed by atoms with Crippen LogP contribution in [0, 0.1) is 0 Å². The largest absolute Gasteiger partial charge is 0.385 e. The summed E-state index contributed by atoms with van der Waals surface area (Å²) in [5.41, 5.74) is 7.08. The van der Waals surface area contributed by atoms with Gasteiger partial charge in [0.25, 0.3) is 0 Å². The molecule has 0 aliphatic carbocycles. The van der Waals surface area contributed by atoms with Gasteiger partial charge in [-0.15, -0.1) is 20.4 Å². The van der Waals surface area contributed by atoms with E-state index in [1.165, 1.54) is 5.56 Å². The van der Waals surface area contributed by atoms with Gasteiger partial charge < -0.3 is 15.4 Å². The fourth-order valence-electron chi connectivity index (χ4n) is 4.88. The Morgan fingerprint density at radius 2 is 1.94 bits per heavy atom. The molecule has 1 aromatic heterocycles. The number of nitrogens with one attached hydrogen (secondary N) is 1. The summed E-state index contributed by atoms with van der Waals surface area (Å²) in [4.78, 5) is 4.97. The van der Waals surface area contributed by atoms with Crippen molar-refractivity contribution in [3.8, 4) is 0 Å². The third kappa shape index (κ3) is 4.92. The normalized spacial score (nSPS) is 25.1. The van der Waals surface area contributed by atoms with Gasteiger partial charge in [0, 0.05) is 43.2 Å². The van der Waals surface area contributed by atoms with E-state index in [2.05, 4.69) is 52.8 Å². The molecule has 2 aromatic rings. The van der Waals surface area contributed by atoms with Crippen molar-refractivity contribution in [3.05, 3.63) is 40.7 Å². The van der Waals surface area contributed by atoms with Gasteiger partial charge >= 0.3 is 0 Å². The lowest BCUT2D eigenvalue weighted by atomic mass is 9.95. The molecule has 3 N–H and O–H groups in total. The molecule has 0 saturated carbocycles. The molecule has 0 spiro atoms. The zero-order chi connectivity index (χ0) is 21.9. The second kappa shape index (κ2) is 9.51. The van der Waals surface area contributed by atoms with Crippen LogP contribution in [-0.2, 0) is 17.6 Å². The van der Waals surface area contributed by atoms with Crippen molar-refractivity contribution >= 4 is 23.3 Å². The highest BCUT2D eigenvalue weighted by Crippen LogP contribution is 2.27. The van der Waals surface area contributed by atoms with E-state index < -0.39 is 0 Å². The number of amidine groups is 2. The van der Waals surface area contributed by atoms with Crippen LogP contribution in [0.25, 0.3) is 0 Å². The molecule has 1 aromatic carbocycles. The van der Waals surface area contributed by atoms with Crippen LogP contribution in [0.2, 0.25) is 5.02 Å². The Morgan fingerprint density at radius 1 is 1.12 bits per heavy atom. The van der Waals surface area contributed by atoms with Crippen molar-refractivity contribution in [2.75, 3.05) is 26.2 Å². The van der Waals surface area contributed by atoms with Crippen LogP contribution in [0.5, 0.6) is 0 Å². The highest BCUT2D eigenvalue weighted by atomic mass is 35.5. The molecular formula is C21H28ClN9O. The van der Waals surface area contributed by atoms with Crippen LogP contribution < -0.4 is 5.73 Å². The minimum atomic E-state index is 0.0551. The number of likely N-dealkylation sites (tertiary alicyclic amines) is 1. The first-order valence-corrected chi connectivity index (χ1v) is 11.5. The molecule has 32 heavy (non-hydrogen) atoms. The second-order valence-corrected chi connectivity index (χ2v) is 9.11. The first-order valence-electron chi connectivity index (χ1n) is 11.1. The fraction of sp³-hybridized carbons (Fsp3) is 0.571. The number of tetrazole rings is 1. The summed E-state index contributed by atoms with van der Waals surface area (Å²) >= 11 is 6.08. The number of morpholine rings is 1. The van der Waals surface area contributed by atoms with Crippen LogP contribution in [0.4, 0.5) is 0 Å². The second-order valence-electron chi connectivity index (χ2n) is 8.67. The van der Waals surface area contributed by atoms with Gasteiger partial charge in [-0.2, -0.15) is 5.21 Å². The third-order valence-electron chi connectivity index (χ3n) is 6.52. The summed E-state index contributed by atoms with van der Waals surface area (Å²) < 4.78 is 6.25. The van der Waals surface area contributed by atoms with E-state index in [4.69, 9.17) is 22.1 Å². The standard InChI is InChI=1S/C21H28ClN9O/c22-15-3-1-14(2-4-15)9-17-13-32-18(10-20-25-28-29-26-20)12-31(17)16-5-7-30(8-6-16)21-11-19(23)24-27-21/h1-4,16-18H,5-13H2,(H2,23,24)(H,25,26,28,29)/t17-,18-/m0/s1. The molecule has 2 atom stereocenters. The lowest BCUT2D eigenvalue weighted by Crippen LogP contribution is -2.57. The van der Waals surface area contributed by atoms with Crippen molar-refractivity contribution in [2.45, 2.75) is 50.3 Å². The van der Waals surface area contributed by atoms with E-state index in [-0.39, 0.29) is 6.10 Å². The van der Waals surface area contributed by atoms with E-state index in [9.17, 15) is 0 Å². The van der Waals surface area contributed by atoms with Crippen molar-refractivity contribution in [3.63, 3.8) is 0 Å². The molecule has 0 unspecified atom stereocenters. The smallest absolute Gasteiger partial charge is 0.177 e. The predicted octanol–water partition coefficient (Wildman–Crippen LogP) is 1.25. The first-order chi connectivity index (χ1) is 15.6. The van der Waals surface area contributed by atoms with Gasteiger partial charge in [0.05, 0.1) is 19.1 Å². The number of piperidine rings is 1. The van der Waals surface area contributed by atoms with Crippen LogP contribution >= 0.6 is 11.6 Å². The third-order valence-corrected chi connectivity index (χ3v) is 6.78. The molecule has 170 valence electrons. The van der Waals surface area contributed by atoms with Crippen molar-refractivity contribution in [2.24, 2.45) is 15.9 Å². The van der Waals surface area contributed by atoms with E-state index in [1.54, 1.807) is 0 Å². The molecule has 10 nitrogen and oxygen atoms in total. The maximum atomic E-state index is 6.25. The average Bonchev–Trinajstić information content (AvgIpc) is 3.48. The number of halogens is 1. The van der Waals surface area contributed by atoms with E-state index in [0.29, 0.717) is 43.2 Å². The zero-order valence-corrected chi connectivity index (χ0v) is 18.7. The van der Waals surface area contributed by atoms with Crippen LogP contribution in [0.15, 0.2) is 34.5 Å². The molecule has 0 amide bonds. The minimum Gasteiger partial charge on any atom is -0.385 e. The number of aromatic nitrogens is 4. The minimum absolute atomic E-state index is 0.0551. The summed E-state index contributed by atoms with van der Waals surface area (Å²) in [5, 5.41) is 23.4. The highest BCUT2D eigenvalue weighted by molar-refractivity contribution is 6.30. The van der Waals surface area contributed by atoms with Gasteiger partial charge in [-0.05, 0) is 37.0 Å². The molecule has 4 heterocycles. The van der Waals surface area contributed by atoms with Crippen LogP contribution in [-0.4, -0.2) is 86.5 Å². The van der Waals surface area contributed by atoms with Crippen LogP contribution in [0.1, 0.15) is 30.7 Å². The molecule has 3 aliphatic heterocycles. The number of nitrogens with zero attached hydrogens (tertiary/aromatic N) is 7. The molecule has 0 radical (unpaired) electrons. The summed E-state index contributed by atoms with van der Waals surface area (Å²) in [5.74, 6) is 2.29. The van der Waals surface area contributed by atoms with Gasteiger partial charge in [-0.3, -0.25) is 4.90 Å². The summed E-state index contributed by atoms with van der Waals surface area (Å²) in [7, 11) is 0. The Labute approximate surface area is 191 Å². The maximum Gasteiger partial charge on any atom is 0.177 e. The molecule has 2 fully saturated rings. The first kappa shape index (κ1) is 21.3. The van der Waals surface area contributed by atoms with Crippen molar-refractivity contribution in [1.82, 2.24) is 30.4 Å². The van der Waals surface area contributed by atoms with Crippen molar-refractivity contribution < 1.29 is 4.74 Å². The number of nitrogens with two attached hydrogens (primary N) is 1. The van der Waals surface area contributed by atoms with Gasteiger partial charge in [0.2, 0.25) is 0 Å². The lowest BCUT2D eigenvalue weighted by molar-refractivity contribution is -0.0849. The Balaban J connectivity index is 1.26. The molecule has 2 saturated heterocycles. The predicted molar refractivity (Wildman–Crippen MR) is 122 cm³/mol. The fourth-order valence-corrected chi connectivity index (χ4v) is 5.00. The summed E-state index contributed by atoms with van der Waals surface area (Å²) in [6.07, 6.45) is 4.46. The zero-order valence-electron chi connectivity index (χ0n) is 17.9. The van der Waals surface area contributed by atoms with E-state index in [1.807, 2.05) is 12.1 Å². The Hall–Kier alpha value is -2.56. The van der Waals surface area contributed by atoms with Gasteiger partial charge in [-0.25, -0.2) is 0 Å². The maximum absolute atomic E-state index is 6.25. The monoisotopic (exact) mass is 457 g/mol. The van der Waals surface area contributed by atoms with E-state index in [0.717, 1.165) is 49.8 Å². The Bertz CT molecular complexity index is 954. The Kier molecular flexibility index (Phi) is 6.33. The molecule has 11 heteroatoms. The molecule has 5 rings (SSSR count). The topological polar surface area (TPSA) is 121 Å². The van der Waals surface area contributed by atoms with Gasteiger partial charge in [-0.1, -0.05) is 28.9 Å². The van der Waals surface area contributed by atoms with Crippen molar-refractivity contribution in [1.29, 1.82) is 0 Å². The Morgan fingerprint density at radius 3 is 2.62 bits per heavy atom. The van der Waals surface area contributed by atoms with E-state index >= 15 is 0 Å². The summed E-state index contributed by atoms with van der Waals surface area (Å²) in [6.45, 7) is 3.47. The average molecular weight is 458 g/mol. The quantitative estimate of drug-likeness (QED) is 0.692. The number of aromatic amines is 1.